The average Bonchev–Trinajstić information content (AvgIpc) is 2.68. The molecule has 178 valence electrons. The molecule has 0 fully saturated rings. The molecule has 0 saturated carbocycles. The van der Waals surface area contributed by atoms with Gasteiger partial charge in [-0.05, 0) is 22.9 Å². The minimum atomic E-state index is -1.55. The lowest BCUT2D eigenvalue weighted by Crippen LogP contribution is -3.00. The zero-order valence-electron chi connectivity index (χ0n) is 17.7. The predicted octanol–water partition coefficient (Wildman–Crippen LogP) is -2.44. The molecule has 0 aliphatic carbocycles. The van der Waals surface area contributed by atoms with E-state index in [1.54, 1.807) is 30.3 Å². The third-order valence-electron chi connectivity index (χ3n) is 3.98. The van der Waals surface area contributed by atoms with Crippen molar-refractivity contribution in [1.82, 2.24) is 10.6 Å². The lowest BCUT2D eigenvalue weighted by atomic mass is 10.1. The first kappa shape index (κ1) is 29.4. The number of hydrogen-bond donors (Lipinski definition) is 4. The Morgan fingerprint density at radius 1 is 1.00 bits per heavy atom. The molecule has 12 heteroatoms. The van der Waals surface area contributed by atoms with E-state index in [-0.39, 0.29) is 53.1 Å². The fraction of sp³-hybridized carbons (Fsp3) is 0.450. The second-order valence-corrected chi connectivity index (χ2v) is 9.22. The van der Waals surface area contributed by atoms with Crippen LogP contribution in [-0.4, -0.2) is 70.3 Å². The Kier molecular flexibility index (Phi) is 14.0. The van der Waals surface area contributed by atoms with Crippen molar-refractivity contribution in [2.24, 2.45) is 0 Å². The summed E-state index contributed by atoms with van der Waals surface area (Å²) in [7, 11) is -0.130. The summed E-state index contributed by atoms with van der Waals surface area (Å²) < 4.78 is 4.98. The fourth-order valence-electron chi connectivity index (χ4n) is 2.52. The molecule has 10 nitrogen and oxygen atoms in total. The van der Waals surface area contributed by atoms with Crippen LogP contribution in [0, 0.1) is 0 Å². The molecule has 0 heterocycles. The van der Waals surface area contributed by atoms with Crippen molar-refractivity contribution in [2.45, 2.75) is 38.0 Å². The van der Waals surface area contributed by atoms with Crippen molar-refractivity contribution in [3.8, 4) is 0 Å². The van der Waals surface area contributed by atoms with E-state index >= 15 is 0 Å². The van der Waals surface area contributed by atoms with Crippen LogP contribution >= 0.6 is 0 Å². The van der Waals surface area contributed by atoms with Crippen LogP contribution in [0.15, 0.2) is 30.3 Å². The number of hydrogen-bond acceptors (Lipinski definition) is 6. The molecule has 0 saturated heterocycles. The SMILES string of the molecule is C[S+](C)CC(=O)CC[C@H](NC(=O)[C@H](CC(=O)O)NC(=O)OCc1ccccc1)C(=O)O.[Br-]. The molecule has 4 N–H and O–H groups in total. The van der Waals surface area contributed by atoms with Gasteiger partial charge in [-0.2, -0.15) is 0 Å². The number of alkyl carbamates (subject to hydrolysis) is 1. The maximum Gasteiger partial charge on any atom is 0.408 e. The Labute approximate surface area is 199 Å². The fourth-order valence-corrected chi connectivity index (χ4v) is 3.31. The molecular formula is C20H27BrN2O8S. The zero-order valence-corrected chi connectivity index (χ0v) is 20.1. The minimum absolute atomic E-state index is 0. The Morgan fingerprint density at radius 2 is 1.62 bits per heavy atom. The van der Waals surface area contributed by atoms with Crippen LogP contribution in [-0.2, 0) is 41.4 Å². The number of carbonyl (C=O) groups is 5. The first-order valence-electron chi connectivity index (χ1n) is 9.36. The van der Waals surface area contributed by atoms with Gasteiger partial charge in [0.25, 0.3) is 0 Å². The number of carboxylic acids is 2. The lowest BCUT2D eigenvalue weighted by molar-refractivity contribution is -0.143. The molecule has 0 aliphatic heterocycles. The van der Waals surface area contributed by atoms with E-state index in [0.717, 1.165) is 0 Å². The van der Waals surface area contributed by atoms with Gasteiger partial charge in [0.1, 0.15) is 18.7 Å². The van der Waals surface area contributed by atoms with Crippen molar-refractivity contribution < 1.29 is 55.9 Å². The van der Waals surface area contributed by atoms with E-state index in [0.29, 0.717) is 11.3 Å². The Hall–Kier alpha value is -2.60. The van der Waals surface area contributed by atoms with Gasteiger partial charge >= 0.3 is 18.0 Å². The molecular weight excluding hydrogens is 508 g/mol. The molecule has 1 aromatic rings. The molecule has 0 spiro atoms. The quantitative estimate of drug-likeness (QED) is 0.203. The molecule has 0 radical (unpaired) electrons. The van der Waals surface area contributed by atoms with Crippen molar-refractivity contribution in [1.29, 1.82) is 0 Å². The van der Waals surface area contributed by atoms with Crippen LogP contribution in [0.1, 0.15) is 24.8 Å². The third kappa shape index (κ3) is 12.3. The highest BCUT2D eigenvalue weighted by atomic mass is 79.9. The van der Waals surface area contributed by atoms with E-state index < -0.39 is 42.4 Å². The number of carbonyl (C=O) groups excluding carboxylic acids is 3. The van der Waals surface area contributed by atoms with Crippen LogP contribution in [0.2, 0.25) is 0 Å². The summed E-state index contributed by atoms with van der Waals surface area (Å²) in [5.41, 5.74) is 0.689. The molecule has 0 aliphatic rings. The molecule has 1 aromatic carbocycles. The highest BCUT2D eigenvalue weighted by molar-refractivity contribution is 7.96. The van der Waals surface area contributed by atoms with Gasteiger partial charge in [0.2, 0.25) is 5.91 Å². The maximum atomic E-state index is 12.4. The molecule has 0 aromatic heterocycles. The van der Waals surface area contributed by atoms with E-state index in [9.17, 15) is 29.1 Å². The number of ketones is 1. The number of amides is 2. The van der Waals surface area contributed by atoms with Gasteiger partial charge in [0.15, 0.2) is 11.5 Å². The summed E-state index contributed by atoms with van der Waals surface area (Å²) >= 11 is 0. The van der Waals surface area contributed by atoms with Crippen LogP contribution in [0.5, 0.6) is 0 Å². The van der Waals surface area contributed by atoms with Crippen molar-refractivity contribution >= 4 is 40.6 Å². The number of halogens is 1. The van der Waals surface area contributed by atoms with Gasteiger partial charge in [0.05, 0.1) is 18.9 Å². The maximum absolute atomic E-state index is 12.4. The highest BCUT2D eigenvalue weighted by Crippen LogP contribution is 2.05. The summed E-state index contributed by atoms with van der Waals surface area (Å²) in [6.07, 6.45) is 1.78. The molecule has 1 rings (SSSR count). The van der Waals surface area contributed by atoms with Crippen molar-refractivity contribution in [3.05, 3.63) is 35.9 Å². The standard InChI is InChI=1S/C20H26N2O8S.BrH/c1-31(2)12-14(23)8-9-15(19(27)28)21-18(26)16(10-17(24)25)22-20(29)30-11-13-6-4-3-5-7-13;/h3-7,15-16H,8-12H2,1-2H3,(H3-,21,22,24,25,26,27,28,29);1H/t15-,16-;/m0./s1. The smallest absolute Gasteiger partial charge is 0.408 e. The van der Waals surface area contributed by atoms with Crippen LogP contribution in [0.25, 0.3) is 0 Å². The number of ether oxygens (including phenoxy) is 1. The monoisotopic (exact) mass is 534 g/mol. The molecule has 32 heavy (non-hydrogen) atoms. The summed E-state index contributed by atoms with van der Waals surface area (Å²) in [6.45, 7) is -0.0928. The number of Topliss-reactive ketones (excluding diaryl/α,β-unsaturated/α-hetero) is 1. The Morgan fingerprint density at radius 3 is 2.16 bits per heavy atom. The number of benzene rings is 1. The van der Waals surface area contributed by atoms with Gasteiger partial charge in [-0.25, -0.2) is 9.59 Å². The summed E-state index contributed by atoms with van der Waals surface area (Å²) in [5.74, 6) is -3.54. The van der Waals surface area contributed by atoms with E-state index in [1.807, 2.05) is 12.5 Å². The van der Waals surface area contributed by atoms with Crippen molar-refractivity contribution in [3.63, 3.8) is 0 Å². The lowest BCUT2D eigenvalue weighted by Gasteiger charge is -2.20. The van der Waals surface area contributed by atoms with Gasteiger partial charge in [-0.15, -0.1) is 0 Å². The normalized spacial score (nSPS) is 12.1. The first-order chi connectivity index (χ1) is 14.6. The largest absolute Gasteiger partial charge is 1.00 e. The average molecular weight is 535 g/mol. The van der Waals surface area contributed by atoms with E-state index in [2.05, 4.69) is 10.6 Å². The first-order valence-corrected chi connectivity index (χ1v) is 11.6. The molecule has 2 amide bonds. The molecule has 2 atom stereocenters. The van der Waals surface area contributed by atoms with Crippen LogP contribution < -0.4 is 27.6 Å². The van der Waals surface area contributed by atoms with Crippen LogP contribution in [0.4, 0.5) is 4.79 Å². The van der Waals surface area contributed by atoms with Crippen LogP contribution in [0.3, 0.4) is 0 Å². The Bertz CT molecular complexity index is 791. The van der Waals surface area contributed by atoms with Gasteiger partial charge < -0.3 is 42.6 Å². The van der Waals surface area contributed by atoms with Gasteiger partial charge in [-0.1, -0.05) is 30.3 Å². The number of nitrogens with one attached hydrogen (secondary N) is 2. The summed E-state index contributed by atoms with van der Waals surface area (Å²) in [6, 6.07) is 5.76. The van der Waals surface area contributed by atoms with Crippen molar-refractivity contribution in [2.75, 3.05) is 18.3 Å². The Balaban J connectivity index is 0.00000961. The number of aliphatic carboxylic acids is 2. The predicted molar refractivity (Wildman–Crippen MR) is 114 cm³/mol. The summed E-state index contributed by atoms with van der Waals surface area (Å²) in [5, 5.41) is 22.7. The second-order valence-electron chi connectivity index (χ2n) is 6.96. The third-order valence-corrected chi connectivity index (χ3v) is 4.88. The highest BCUT2D eigenvalue weighted by Gasteiger charge is 2.29. The second kappa shape index (κ2) is 15.2. The van der Waals surface area contributed by atoms with E-state index in [4.69, 9.17) is 9.84 Å². The summed E-state index contributed by atoms with van der Waals surface area (Å²) in [4.78, 5) is 58.8. The molecule has 0 unspecified atom stereocenters. The van der Waals surface area contributed by atoms with E-state index in [1.165, 1.54) is 0 Å². The van der Waals surface area contributed by atoms with Gasteiger partial charge in [-0.3, -0.25) is 14.4 Å². The topological polar surface area (TPSA) is 159 Å². The minimum Gasteiger partial charge on any atom is -1.00 e. The number of carboxylic acid groups (broad SMARTS) is 2. The van der Waals surface area contributed by atoms with Gasteiger partial charge in [0, 0.05) is 6.42 Å². The zero-order chi connectivity index (χ0) is 23.4. The molecule has 0 bridgehead atoms. The number of rotatable bonds is 13.